The van der Waals surface area contributed by atoms with Gasteiger partial charge in [-0.25, -0.2) is 13.2 Å². The minimum absolute atomic E-state index is 0.0152. The summed E-state index contributed by atoms with van der Waals surface area (Å²) < 4.78 is 57.1. The first kappa shape index (κ1) is 37.2. The second-order valence-corrected chi connectivity index (χ2v) is 14.9. The Kier molecular flexibility index (Phi) is 12.5. The standard InChI is InChI=1S/C36H45N3O10S/c1-23(2)19-39(50(43,44)29-12-13-33(24(3)17-29)48-25(4)40)20-32(41)31(38-36(42)49-34-22-47-35-30(34)14-16-45-35)18-26-8-10-28(11-9-26)46-21-27-7-5-6-15-37-27/h5-13,15,17,23,30-32,34-35,41H,14,16,18-22H2,1-4H3,(H,38,42)/t30-,31-,32+,34-,35+/m0/s1. The predicted molar refractivity (Wildman–Crippen MR) is 182 cm³/mol. The number of aliphatic hydroxyl groups is 1. The molecule has 2 aliphatic heterocycles. The van der Waals surface area contributed by atoms with E-state index >= 15 is 0 Å². The predicted octanol–water partition coefficient (Wildman–Crippen LogP) is 4.00. The van der Waals surface area contributed by atoms with Gasteiger partial charge in [-0.05, 0) is 79.3 Å². The van der Waals surface area contributed by atoms with Crippen LogP contribution in [-0.4, -0.2) is 85.7 Å². The number of aliphatic hydroxyl groups excluding tert-OH is 1. The maximum atomic E-state index is 14.0. The third-order valence-electron chi connectivity index (χ3n) is 8.50. The number of benzene rings is 2. The summed E-state index contributed by atoms with van der Waals surface area (Å²) in [5.74, 6) is 0.185. The van der Waals surface area contributed by atoms with E-state index in [0.29, 0.717) is 30.9 Å². The SMILES string of the molecule is CC(=O)Oc1ccc(S(=O)(=O)N(CC(C)C)C[C@@H](O)[C@H](Cc2ccc(OCc3ccccn3)cc2)NC(=O)O[C@H]2CO[C@H]3OCC[C@H]32)cc1C. The molecule has 2 saturated heterocycles. The second-order valence-electron chi connectivity index (χ2n) is 13.0. The van der Waals surface area contributed by atoms with Gasteiger partial charge < -0.3 is 34.1 Å². The van der Waals surface area contributed by atoms with Gasteiger partial charge in [0.1, 0.15) is 24.2 Å². The Balaban J connectivity index is 1.33. The average molecular weight is 712 g/mol. The largest absolute Gasteiger partial charge is 0.487 e. The Bertz CT molecular complexity index is 1700. The minimum atomic E-state index is -4.12. The molecule has 50 heavy (non-hydrogen) atoms. The lowest BCUT2D eigenvalue weighted by Gasteiger charge is -2.31. The topological polar surface area (TPSA) is 163 Å². The molecule has 3 heterocycles. The van der Waals surface area contributed by atoms with Crippen molar-refractivity contribution in [3.63, 3.8) is 0 Å². The van der Waals surface area contributed by atoms with Crippen LogP contribution in [0.5, 0.6) is 11.5 Å². The van der Waals surface area contributed by atoms with Gasteiger partial charge in [0.15, 0.2) is 6.29 Å². The molecule has 270 valence electrons. The molecule has 2 fully saturated rings. The number of nitrogens with one attached hydrogen (secondary N) is 1. The maximum Gasteiger partial charge on any atom is 0.407 e. The molecule has 0 aliphatic carbocycles. The summed E-state index contributed by atoms with van der Waals surface area (Å²) in [6, 6.07) is 16.1. The lowest BCUT2D eigenvalue weighted by Crippen LogP contribution is -2.51. The fourth-order valence-electron chi connectivity index (χ4n) is 5.98. The van der Waals surface area contributed by atoms with Crippen LogP contribution in [0, 0.1) is 18.8 Å². The molecule has 2 aromatic carbocycles. The Morgan fingerprint density at radius 1 is 1.08 bits per heavy atom. The van der Waals surface area contributed by atoms with Crippen LogP contribution in [0.3, 0.4) is 0 Å². The van der Waals surface area contributed by atoms with Crippen molar-refractivity contribution in [3.8, 4) is 11.5 Å². The van der Waals surface area contributed by atoms with Crippen molar-refractivity contribution in [2.24, 2.45) is 11.8 Å². The molecular formula is C36H45N3O10S. The number of alkyl carbamates (subject to hydrolysis) is 1. The number of carbonyl (C=O) groups is 2. The van der Waals surface area contributed by atoms with E-state index in [-0.39, 0.29) is 48.6 Å². The highest BCUT2D eigenvalue weighted by Gasteiger charge is 2.44. The number of hydrogen-bond acceptors (Lipinski definition) is 11. The number of pyridine rings is 1. The van der Waals surface area contributed by atoms with Gasteiger partial charge in [0.25, 0.3) is 0 Å². The van der Waals surface area contributed by atoms with E-state index in [0.717, 1.165) is 11.3 Å². The lowest BCUT2D eigenvalue weighted by molar-refractivity contribution is -0.131. The highest BCUT2D eigenvalue weighted by molar-refractivity contribution is 7.89. The number of nitrogens with zero attached hydrogens (tertiary/aromatic N) is 2. The van der Waals surface area contributed by atoms with Gasteiger partial charge in [-0.1, -0.05) is 32.0 Å². The number of hydrogen-bond donors (Lipinski definition) is 2. The molecule has 0 unspecified atom stereocenters. The monoisotopic (exact) mass is 711 g/mol. The van der Waals surface area contributed by atoms with Crippen molar-refractivity contribution in [1.29, 1.82) is 0 Å². The van der Waals surface area contributed by atoms with Gasteiger partial charge >= 0.3 is 12.1 Å². The van der Waals surface area contributed by atoms with E-state index in [1.165, 1.54) is 29.4 Å². The summed E-state index contributed by atoms with van der Waals surface area (Å²) in [4.78, 5) is 29.0. The van der Waals surface area contributed by atoms with E-state index in [1.54, 1.807) is 25.3 Å². The molecule has 0 bridgehead atoms. The van der Waals surface area contributed by atoms with Crippen LogP contribution in [0.25, 0.3) is 0 Å². The number of aryl methyl sites for hydroxylation is 1. The first-order valence-electron chi connectivity index (χ1n) is 16.7. The Labute approximate surface area is 292 Å². The number of amides is 1. The molecule has 1 amide bonds. The molecule has 2 N–H and O–H groups in total. The van der Waals surface area contributed by atoms with Crippen molar-refractivity contribution in [2.45, 2.75) is 76.6 Å². The number of esters is 1. The number of rotatable bonds is 15. The van der Waals surface area contributed by atoms with Crippen LogP contribution in [0.1, 0.15) is 44.0 Å². The molecule has 14 heteroatoms. The molecule has 0 spiro atoms. The van der Waals surface area contributed by atoms with Crippen LogP contribution >= 0.6 is 0 Å². The number of fused-ring (bicyclic) bond motifs is 1. The lowest BCUT2D eigenvalue weighted by atomic mass is 10.0. The quantitative estimate of drug-likeness (QED) is 0.173. The van der Waals surface area contributed by atoms with Crippen molar-refractivity contribution in [1.82, 2.24) is 14.6 Å². The first-order chi connectivity index (χ1) is 23.9. The van der Waals surface area contributed by atoms with Crippen LogP contribution in [-0.2, 0) is 42.1 Å². The van der Waals surface area contributed by atoms with E-state index in [2.05, 4.69) is 10.3 Å². The normalized spacial score (nSPS) is 19.9. The van der Waals surface area contributed by atoms with Crippen molar-refractivity contribution in [3.05, 3.63) is 83.7 Å². The second kappa shape index (κ2) is 16.8. The van der Waals surface area contributed by atoms with Gasteiger partial charge in [-0.2, -0.15) is 4.31 Å². The Morgan fingerprint density at radius 3 is 2.54 bits per heavy atom. The minimum Gasteiger partial charge on any atom is -0.487 e. The molecule has 13 nitrogen and oxygen atoms in total. The number of aromatic nitrogens is 1. The number of sulfonamides is 1. The summed E-state index contributed by atoms with van der Waals surface area (Å²) in [5.41, 5.74) is 2.01. The summed E-state index contributed by atoms with van der Waals surface area (Å²) in [5, 5.41) is 14.5. The highest BCUT2D eigenvalue weighted by atomic mass is 32.2. The molecule has 5 rings (SSSR count). The van der Waals surface area contributed by atoms with Gasteiger partial charge in [0.05, 0.1) is 41.9 Å². The van der Waals surface area contributed by atoms with E-state index in [4.69, 9.17) is 23.7 Å². The van der Waals surface area contributed by atoms with Gasteiger partial charge in [0, 0.05) is 26.2 Å². The molecular weight excluding hydrogens is 666 g/mol. The molecule has 3 aromatic rings. The Morgan fingerprint density at radius 2 is 1.86 bits per heavy atom. The smallest absolute Gasteiger partial charge is 0.407 e. The van der Waals surface area contributed by atoms with Gasteiger partial charge in [-0.3, -0.25) is 9.78 Å². The summed E-state index contributed by atoms with van der Waals surface area (Å²) in [6.07, 6.45) is -0.437. The zero-order valence-corrected chi connectivity index (χ0v) is 29.5. The van der Waals surface area contributed by atoms with E-state index < -0.39 is 46.6 Å². The van der Waals surface area contributed by atoms with Crippen LogP contribution in [0.4, 0.5) is 4.79 Å². The van der Waals surface area contributed by atoms with Crippen LogP contribution in [0.2, 0.25) is 0 Å². The zero-order chi connectivity index (χ0) is 35.8. The number of carbonyl (C=O) groups excluding carboxylic acids is 2. The molecule has 0 radical (unpaired) electrons. The summed E-state index contributed by atoms with van der Waals surface area (Å²) in [7, 11) is -4.12. The third-order valence-corrected chi connectivity index (χ3v) is 10.3. The maximum absolute atomic E-state index is 14.0. The average Bonchev–Trinajstić information content (AvgIpc) is 3.70. The highest BCUT2D eigenvalue weighted by Crippen LogP contribution is 2.33. The number of ether oxygens (including phenoxy) is 5. The van der Waals surface area contributed by atoms with Crippen molar-refractivity contribution < 1.29 is 46.8 Å². The molecule has 2 aliphatic rings. The van der Waals surface area contributed by atoms with E-state index in [9.17, 15) is 23.1 Å². The summed E-state index contributed by atoms with van der Waals surface area (Å²) in [6.45, 7) is 7.46. The fraction of sp³-hybridized carbons (Fsp3) is 0.472. The van der Waals surface area contributed by atoms with Crippen LogP contribution < -0.4 is 14.8 Å². The summed E-state index contributed by atoms with van der Waals surface area (Å²) >= 11 is 0. The van der Waals surface area contributed by atoms with Gasteiger partial charge in [-0.15, -0.1) is 0 Å². The van der Waals surface area contributed by atoms with Crippen molar-refractivity contribution in [2.75, 3.05) is 26.3 Å². The zero-order valence-electron chi connectivity index (χ0n) is 28.7. The molecule has 1 aromatic heterocycles. The fourth-order valence-corrected chi connectivity index (χ4v) is 7.69. The van der Waals surface area contributed by atoms with Gasteiger partial charge in [0.2, 0.25) is 10.0 Å². The molecule has 0 saturated carbocycles. The van der Waals surface area contributed by atoms with E-state index in [1.807, 2.05) is 44.2 Å². The van der Waals surface area contributed by atoms with Crippen LogP contribution in [0.15, 0.2) is 71.8 Å². The first-order valence-corrected chi connectivity index (χ1v) is 18.1. The molecule has 5 atom stereocenters. The Hall–Kier alpha value is -4.08. The van der Waals surface area contributed by atoms with Crippen molar-refractivity contribution >= 4 is 22.1 Å². The third kappa shape index (κ3) is 9.79.